The van der Waals surface area contributed by atoms with E-state index in [2.05, 4.69) is 26.1 Å². The molecule has 2 nitrogen and oxygen atoms in total. The SMILES string of the molecule is CCCC(C)C(=O)NC1C=CC(Cl)(C(C)C)C=C1. The summed E-state index contributed by atoms with van der Waals surface area (Å²) in [5.74, 6) is 0.523. The fourth-order valence-corrected chi connectivity index (χ4v) is 2.12. The second kappa shape index (κ2) is 6.42. The summed E-state index contributed by atoms with van der Waals surface area (Å²) in [6, 6.07) is -0.0255. The zero-order valence-electron chi connectivity index (χ0n) is 11.7. The summed E-state index contributed by atoms with van der Waals surface area (Å²) in [5, 5.41) is 3.01. The molecule has 0 aromatic heterocycles. The van der Waals surface area contributed by atoms with Gasteiger partial charge in [0.25, 0.3) is 0 Å². The monoisotopic (exact) mass is 269 g/mol. The average Bonchev–Trinajstić information content (AvgIpc) is 2.32. The van der Waals surface area contributed by atoms with Crippen molar-refractivity contribution < 1.29 is 4.79 Å². The maximum absolute atomic E-state index is 11.9. The van der Waals surface area contributed by atoms with Crippen LogP contribution in [0, 0.1) is 11.8 Å². The summed E-state index contributed by atoms with van der Waals surface area (Å²) in [6.07, 6.45) is 9.87. The molecule has 0 radical (unpaired) electrons. The molecule has 1 amide bonds. The Balaban J connectivity index is 2.54. The van der Waals surface area contributed by atoms with Gasteiger partial charge in [0.15, 0.2) is 0 Å². The second-order valence-electron chi connectivity index (χ2n) is 5.42. The van der Waals surface area contributed by atoms with Crippen LogP contribution < -0.4 is 5.32 Å². The predicted octanol–water partition coefficient (Wildman–Crippen LogP) is 3.67. The Morgan fingerprint density at radius 2 is 1.89 bits per heavy atom. The Labute approximate surface area is 115 Å². The number of allylic oxidation sites excluding steroid dienone is 2. The van der Waals surface area contributed by atoms with Crippen LogP contribution in [-0.4, -0.2) is 16.8 Å². The van der Waals surface area contributed by atoms with E-state index in [0.29, 0.717) is 5.92 Å². The first kappa shape index (κ1) is 15.3. The fraction of sp³-hybridized carbons (Fsp3) is 0.667. The van der Waals surface area contributed by atoms with E-state index in [-0.39, 0.29) is 17.9 Å². The van der Waals surface area contributed by atoms with Gasteiger partial charge in [-0.05, 0) is 12.3 Å². The summed E-state index contributed by atoms with van der Waals surface area (Å²) >= 11 is 6.44. The maximum atomic E-state index is 11.9. The number of rotatable bonds is 5. The van der Waals surface area contributed by atoms with Gasteiger partial charge in [0, 0.05) is 5.92 Å². The topological polar surface area (TPSA) is 29.1 Å². The number of hydrogen-bond acceptors (Lipinski definition) is 1. The lowest BCUT2D eigenvalue weighted by molar-refractivity contribution is -0.124. The minimum atomic E-state index is -0.406. The first-order valence-electron chi connectivity index (χ1n) is 6.77. The van der Waals surface area contributed by atoms with E-state index < -0.39 is 4.87 Å². The number of nitrogens with one attached hydrogen (secondary N) is 1. The van der Waals surface area contributed by atoms with Crippen molar-refractivity contribution in [2.24, 2.45) is 11.8 Å². The number of carbonyl (C=O) groups is 1. The van der Waals surface area contributed by atoms with E-state index >= 15 is 0 Å². The van der Waals surface area contributed by atoms with Gasteiger partial charge < -0.3 is 5.32 Å². The normalized spacial score (nSPS) is 28.4. The molecule has 0 bridgehead atoms. The molecule has 1 unspecified atom stereocenters. The Morgan fingerprint density at radius 3 is 2.33 bits per heavy atom. The molecule has 0 saturated carbocycles. The lowest BCUT2D eigenvalue weighted by Gasteiger charge is -2.29. The van der Waals surface area contributed by atoms with Crippen LogP contribution in [0.3, 0.4) is 0 Å². The Hall–Kier alpha value is -0.760. The van der Waals surface area contributed by atoms with Gasteiger partial charge in [-0.25, -0.2) is 0 Å². The van der Waals surface area contributed by atoms with Crippen molar-refractivity contribution in [2.75, 3.05) is 0 Å². The number of carbonyl (C=O) groups excluding carboxylic acids is 1. The smallest absolute Gasteiger partial charge is 0.223 e. The van der Waals surface area contributed by atoms with E-state index in [4.69, 9.17) is 11.6 Å². The van der Waals surface area contributed by atoms with Crippen LogP contribution in [0.15, 0.2) is 24.3 Å². The number of hydrogen-bond donors (Lipinski definition) is 1. The van der Waals surface area contributed by atoms with Gasteiger partial charge in [-0.1, -0.05) is 58.4 Å². The third-order valence-electron chi connectivity index (χ3n) is 3.48. The highest BCUT2D eigenvalue weighted by molar-refractivity contribution is 6.27. The molecule has 18 heavy (non-hydrogen) atoms. The number of alkyl halides is 1. The molecular weight excluding hydrogens is 246 g/mol. The lowest BCUT2D eigenvalue weighted by atomic mass is 9.89. The third kappa shape index (κ3) is 3.88. The maximum Gasteiger partial charge on any atom is 0.223 e. The molecule has 3 heteroatoms. The van der Waals surface area contributed by atoms with Crippen molar-refractivity contribution in [3.8, 4) is 0 Å². The Bertz CT molecular complexity index is 332. The zero-order chi connectivity index (χ0) is 13.8. The highest BCUT2D eigenvalue weighted by Gasteiger charge is 2.28. The van der Waals surface area contributed by atoms with Gasteiger partial charge in [0.05, 0.1) is 10.9 Å². The highest BCUT2D eigenvalue weighted by Crippen LogP contribution is 2.31. The summed E-state index contributed by atoms with van der Waals surface area (Å²) < 4.78 is 0. The van der Waals surface area contributed by atoms with Gasteiger partial charge in [0.2, 0.25) is 5.91 Å². The lowest BCUT2D eigenvalue weighted by Crippen LogP contribution is -2.38. The van der Waals surface area contributed by atoms with E-state index in [9.17, 15) is 4.79 Å². The van der Waals surface area contributed by atoms with Crippen LogP contribution in [0.4, 0.5) is 0 Å². The van der Waals surface area contributed by atoms with Crippen LogP contribution >= 0.6 is 11.6 Å². The predicted molar refractivity (Wildman–Crippen MR) is 77.7 cm³/mol. The highest BCUT2D eigenvalue weighted by atomic mass is 35.5. The van der Waals surface area contributed by atoms with Crippen LogP contribution in [0.1, 0.15) is 40.5 Å². The first-order valence-corrected chi connectivity index (χ1v) is 7.15. The largest absolute Gasteiger partial charge is 0.346 e. The molecule has 102 valence electrons. The molecule has 1 aliphatic rings. The molecule has 0 aromatic carbocycles. The van der Waals surface area contributed by atoms with E-state index in [1.54, 1.807) is 0 Å². The van der Waals surface area contributed by atoms with Crippen LogP contribution in [0.2, 0.25) is 0 Å². The van der Waals surface area contributed by atoms with Crippen molar-refractivity contribution in [3.63, 3.8) is 0 Å². The second-order valence-corrected chi connectivity index (χ2v) is 6.08. The van der Waals surface area contributed by atoms with Crippen LogP contribution in [0.5, 0.6) is 0 Å². The Morgan fingerprint density at radius 1 is 1.33 bits per heavy atom. The molecule has 0 heterocycles. The molecule has 0 spiro atoms. The van der Waals surface area contributed by atoms with Gasteiger partial charge in [-0.3, -0.25) is 4.79 Å². The van der Waals surface area contributed by atoms with Gasteiger partial charge >= 0.3 is 0 Å². The molecule has 0 fully saturated rings. The van der Waals surface area contributed by atoms with E-state index in [1.807, 2.05) is 31.2 Å². The minimum absolute atomic E-state index is 0.0255. The molecule has 0 saturated heterocycles. The number of halogens is 1. The molecule has 0 aromatic rings. The summed E-state index contributed by atoms with van der Waals surface area (Å²) in [7, 11) is 0. The zero-order valence-corrected chi connectivity index (χ0v) is 12.5. The fourth-order valence-electron chi connectivity index (χ4n) is 1.97. The standard InChI is InChI=1S/C15H24ClNO/c1-5-6-12(4)14(18)17-13-7-9-15(16,10-8-13)11(2)3/h7-13H,5-6H2,1-4H3,(H,17,18). The molecule has 0 aliphatic heterocycles. The van der Waals surface area contributed by atoms with Crippen LogP contribution in [-0.2, 0) is 4.79 Å². The summed E-state index contributed by atoms with van der Waals surface area (Å²) in [4.78, 5) is 11.5. The quantitative estimate of drug-likeness (QED) is 0.599. The van der Waals surface area contributed by atoms with Crippen molar-refractivity contribution in [3.05, 3.63) is 24.3 Å². The van der Waals surface area contributed by atoms with E-state index in [1.165, 1.54) is 0 Å². The van der Waals surface area contributed by atoms with Crippen LogP contribution in [0.25, 0.3) is 0 Å². The molecule has 1 rings (SSSR count). The van der Waals surface area contributed by atoms with Gasteiger partial charge in [-0.2, -0.15) is 0 Å². The number of amides is 1. The molecule has 1 aliphatic carbocycles. The average molecular weight is 270 g/mol. The molecular formula is C15H24ClNO. The summed E-state index contributed by atoms with van der Waals surface area (Å²) in [5.41, 5.74) is 0. The van der Waals surface area contributed by atoms with Gasteiger partial charge in [0.1, 0.15) is 0 Å². The van der Waals surface area contributed by atoms with Crippen molar-refractivity contribution in [1.82, 2.24) is 5.32 Å². The van der Waals surface area contributed by atoms with Gasteiger partial charge in [-0.15, -0.1) is 11.6 Å². The first-order chi connectivity index (χ1) is 8.39. The molecule has 1 N–H and O–H groups in total. The summed E-state index contributed by atoms with van der Waals surface area (Å²) in [6.45, 7) is 8.23. The Kier molecular flexibility index (Phi) is 5.46. The van der Waals surface area contributed by atoms with Crippen molar-refractivity contribution >= 4 is 17.5 Å². The van der Waals surface area contributed by atoms with E-state index in [0.717, 1.165) is 12.8 Å². The third-order valence-corrected chi connectivity index (χ3v) is 4.17. The van der Waals surface area contributed by atoms with Crippen molar-refractivity contribution in [2.45, 2.75) is 51.5 Å². The molecule has 1 atom stereocenters. The minimum Gasteiger partial charge on any atom is -0.346 e. The van der Waals surface area contributed by atoms with Crippen molar-refractivity contribution in [1.29, 1.82) is 0 Å².